The predicted molar refractivity (Wildman–Crippen MR) is 84.7 cm³/mol. The molecule has 0 saturated carbocycles. The van der Waals surface area contributed by atoms with Crippen molar-refractivity contribution in [3.63, 3.8) is 0 Å². The molecule has 1 aliphatic heterocycles. The van der Waals surface area contributed by atoms with Crippen molar-refractivity contribution in [3.05, 3.63) is 29.8 Å². The number of aryl methyl sites for hydroxylation is 1. The summed E-state index contributed by atoms with van der Waals surface area (Å²) in [5.74, 6) is 0.943. The molecule has 0 spiro atoms. The Kier molecular flexibility index (Phi) is 5.75. The third kappa shape index (κ3) is 4.26. The van der Waals surface area contributed by atoms with E-state index < -0.39 is 0 Å². The van der Waals surface area contributed by atoms with Crippen LogP contribution in [0.25, 0.3) is 0 Å². The molecule has 19 heavy (non-hydrogen) atoms. The van der Waals surface area contributed by atoms with Gasteiger partial charge in [-0.25, -0.2) is 0 Å². The lowest BCUT2D eigenvalue weighted by molar-refractivity contribution is 0.390. The molecule has 1 N–H and O–H groups in total. The van der Waals surface area contributed by atoms with Crippen LogP contribution in [0.1, 0.15) is 64.4 Å². The Bertz CT molecular complexity index is 372. The number of anilines is 1. The lowest BCUT2D eigenvalue weighted by Gasteiger charge is -2.28. The molecular weight excluding hydrogens is 230 g/mol. The first-order valence-corrected chi connectivity index (χ1v) is 8.18. The van der Waals surface area contributed by atoms with Crippen LogP contribution < -0.4 is 5.32 Å². The number of benzene rings is 1. The summed E-state index contributed by atoms with van der Waals surface area (Å²) in [6.45, 7) is 4.65. The Labute approximate surface area is 118 Å². The van der Waals surface area contributed by atoms with Crippen molar-refractivity contribution >= 4 is 5.69 Å². The molecule has 2 unspecified atom stereocenters. The molecule has 1 heterocycles. The van der Waals surface area contributed by atoms with E-state index in [1.807, 2.05) is 0 Å². The van der Waals surface area contributed by atoms with E-state index in [2.05, 4.69) is 43.4 Å². The van der Waals surface area contributed by atoms with Crippen LogP contribution in [0.3, 0.4) is 0 Å². The van der Waals surface area contributed by atoms with Gasteiger partial charge in [0.1, 0.15) is 0 Å². The molecule has 106 valence electrons. The van der Waals surface area contributed by atoms with E-state index in [1.165, 1.54) is 62.6 Å². The lowest BCUT2D eigenvalue weighted by atomic mass is 9.89. The van der Waals surface area contributed by atoms with Crippen molar-refractivity contribution in [1.29, 1.82) is 0 Å². The fraction of sp³-hybridized carbons (Fsp3) is 0.667. The molecule has 1 aromatic rings. The van der Waals surface area contributed by atoms with Crippen LogP contribution in [0.15, 0.2) is 24.3 Å². The van der Waals surface area contributed by atoms with Gasteiger partial charge >= 0.3 is 0 Å². The van der Waals surface area contributed by atoms with Gasteiger partial charge in [-0.1, -0.05) is 57.7 Å². The first kappa shape index (κ1) is 14.4. The number of unbranched alkanes of at least 4 members (excludes halogenated alkanes) is 1. The van der Waals surface area contributed by atoms with Crippen LogP contribution in [0.2, 0.25) is 0 Å². The minimum atomic E-state index is 0.700. The molecule has 1 heteroatoms. The van der Waals surface area contributed by atoms with Crippen molar-refractivity contribution < 1.29 is 0 Å². The molecule has 1 aliphatic rings. The summed E-state index contributed by atoms with van der Waals surface area (Å²) in [5, 5.41) is 3.73. The summed E-state index contributed by atoms with van der Waals surface area (Å²) in [5.41, 5.74) is 2.87. The highest BCUT2D eigenvalue weighted by molar-refractivity contribution is 5.53. The fourth-order valence-electron chi connectivity index (χ4n) is 3.20. The van der Waals surface area contributed by atoms with Crippen LogP contribution in [-0.4, -0.2) is 6.04 Å². The quantitative estimate of drug-likeness (QED) is 0.690. The summed E-state index contributed by atoms with van der Waals surface area (Å²) in [6, 6.07) is 9.48. The highest BCUT2D eigenvalue weighted by Crippen LogP contribution is 2.28. The van der Waals surface area contributed by atoms with E-state index in [-0.39, 0.29) is 0 Å². The van der Waals surface area contributed by atoms with Crippen LogP contribution in [-0.2, 0) is 6.42 Å². The van der Waals surface area contributed by atoms with E-state index in [0.29, 0.717) is 6.04 Å². The van der Waals surface area contributed by atoms with E-state index in [1.54, 1.807) is 0 Å². The van der Waals surface area contributed by atoms with E-state index in [9.17, 15) is 0 Å². The van der Waals surface area contributed by atoms with Gasteiger partial charge in [0.25, 0.3) is 0 Å². The zero-order valence-corrected chi connectivity index (χ0v) is 12.6. The van der Waals surface area contributed by atoms with Crippen LogP contribution in [0, 0.1) is 5.92 Å². The van der Waals surface area contributed by atoms with E-state index >= 15 is 0 Å². The van der Waals surface area contributed by atoms with Crippen molar-refractivity contribution in [3.8, 4) is 0 Å². The minimum absolute atomic E-state index is 0.700. The summed E-state index contributed by atoms with van der Waals surface area (Å²) < 4.78 is 0. The van der Waals surface area contributed by atoms with E-state index in [0.717, 1.165) is 5.92 Å². The predicted octanol–water partition coefficient (Wildman–Crippen LogP) is 5.41. The lowest BCUT2D eigenvalue weighted by Crippen LogP contribution is -2.26. The van der Waals surface area contributed by atoms with Gasteiger partial charge in [-0.15, -0.1) is 0 Å². The molecule has 0 aliphatic carbocycles. The van der Waals surface area contributed by atoms with Gasteiger partial charge in [-0.05, 0) is 43.2 Å². The van der Waals surface area contributed by atoms with Gasteiger partial charge in [0.05, 0.1) is 0 Å². The van der Waals surface area contributed by atoms with Gasteiger partial charge in [0.2, 0.25) is 0 Å². The third-order valence-corrected chi connectivity index (χ3v) is 4.61. The molecule has 1 aromatic carbocycles. The Morgan fingerprint density at radius 1 is 1.21 bits per heavy atom. The topological polar surface area (TPSA) is 12.0 Å². The zero-order chi connectivity index (χ0) is 13.5. The first-order chi connectivity index (χ1) is 9.33. The molecule has 2 rings (SSSR count). The number of rotatable bonds is 7. The number of nitrogens with one attached hydrogen (secondary N) is 1. The highest BCUT2D eigenvalue weighted by atomic mass is 14.9. The molecule has 1 nitrogen and oxygen atoms in total. The molecule has 0 radical (unpaired) electrons. The van der Waals surface area contributed by atoms with Crippen LogP contribution in [0.4, 0.5) is 5.69 Å². The average Bonchev–Trinajstić information content (AvgIpc) is 2.47. The minimum Gasteiger partial charge on any atom is -0.382 e. The SMILES string of the molecule is CCCCC(CC)CCC1CCc2ccccc2N1. The number of hydrogen-bond acceptors (Lipinski definition) is 1. The maximum atomic E-state index is 3.73. The molecule has 0 amide bonds. The fourth-order valence-corrected chi connectivity index (χ4v) is 3.20. The maximum Gasteiger partial charge on any atom is 0.0374 e. The number of hydrogen-bond donors (Lipinski definition) is 1. The number of para-hydroxylation sites is 1. The monoisotopic (exact) mass is 259 g/mol. The maximum absolute atomic E-state index is 3.73. The smallest absolute Gasteiger partial charge is 0.0374 e. The molecular formula is C18H29N. The molecule has 0 bridgehead atoms. The van der Waals surface area contributed by atoms with Crippen molar-refractivity contribution in [2.45, 2.75) is 71.3 Å². The zero-order valence-electron chi connectivity index (χ0n) is 12.6. The van der Waals surface area contributed by atoms with Crippen LogP contribution >= 0.6 is 0 Å². The third-order valence-electron chi connectivity index (χ3n) is 4.61. The van der Waals surface area contributed by atoms with Crippen molar-refractivity contribution in [1.82, 2.24) is 0 Å². The van der Waals surface area contributed by atoms with Crippen LogP contribution in [0.5, 0.6) is 0 Å². The Morgan fingerprint density at radius 3 is 2.84 bits per heavy atom. The summed E-state index contributed by atoms with van der Waals surface area (Å²) in [6.07, 6.45) is 10.8. The standard InChI is InChI=1S/C18H29N/c1-3-5-8-15(4-2)11-13-17-14-12-16-9-6-7-10-18(16)19-17/h6-7,9-10,15,17,19H,3-5,8,11-14H2,1-2H3. The normalized spacial score (nSPS) is 19.6. The largest absolute Gasteiger partial charge is 0.382 e. The van der Waals surface area contributed by atoms with Gasteiger partial charge in [0.15, 0.2) is 0 Å². The van der Waals surface area contributed by atoms with Gasteiger partial charge in [-0.3, -0.25) is 0 Å². The first-order valence-electron chi connectivity index (χ1n) is 8.18. The van der Waals surface area contributed by atoms with Gasteiger partial charge < -0.3 is 5.32 Å². The molecule has 0 aromatic heterocycles. The van der Waals surface area contributed by atoms with Crippen molar-refractivity contribution in [2.24, 2.45) is 5.92 Å². The average molecular weight is 259 g/mol. The van der Waals surface area contributed by atoms with Gasteiger partial charge in [0, 0.05) is 11.7 Å². The van der Waals surface area contributed by atoms with Crippen molar-refractivity contribution in [2.75, 3.05) is 5.32 Å². The Balaban J connectivity index is 1.78. The summed E-state index contributed by atoms with van der Waals surface area (Å²) in [4.78, 5) is 0. The second-order valence-corrected chi connectivity index (χ2v) is 6.03. The van der Waals surface area contributed by atoms with Gasteiger partial charge in [-0.2, -0.15) is 0 Å². The Hall–Kier alpha value is -0.980. The number of fused-ring (bicyclic) bond motifs is 1. The summed E-state index contributed by atoms with van der Waals surface area (Å²) >= 11 is 0. The molecule has 2 atom stereocenters. The summed E-state index contributed by atoms with van der Waals surface area (Å²) in [7, 11) is 0. The molecule has 0 fully saturated rings. The van der Waals surface area contributed by atoms with E-state index in [4.69, 9.17) is 0 Å². The second kappa shape index (κ2) is 7.57. The molecule has 0 saturated heterocycles. The highest BCUT2D eigenvalue weighted by Gasteiger charge is 2.18. The Morgan fingerprint density at radius 2 is 2.05 bits per heavy atom. The second-order valence-electron chi connectivity index (χ2n) is 6.03.